The summed E-state index contributed by atoms with van der Waals surface area (Å²) in [6, 6.07) is 2.28. The lowest BCUT2D eigenvalue weighted by Gasteiger charge is -2.31. The predicted octanol–water partition coefficient (Wildman–Crippen LogP) is 4.12. The minimum atomic E-state index is -0.210. The van der Waals surface area contributed by atoms with Gasteiger partial charge in [0, 0.05) is 37.4 Å². The largest absolute Gasteiger partial charge is 0.450 e. The van der Waals surface area contributed by atoms with Crippen molar-refractivity contribution in [2.75, 3.05) is 36.9 Å². The third-order valence-electron chi connectivity index (χ3n) is 5.34. The lowest BCUT2D eigenvalue weighted by Crippen LogP contribution is -2.42. The number of nitrogens with one attached hydrogen (secondary N) is 2. The number of amides is 1. The molecule has 7 heteroatoms. The second-order valence-electron chi connectivity index (χ2n) is 7.61. The minimum Gasteiger partial charge on any atom is -0.450 e. The van der Waals surface area contributed by atoms with Gasteiger partial charge in [-0.2, -0.15) is 4.98 Å². The molecule has 0 atom stereocenters. The van der Waals surface area contributed by atoms with Gasteiger partial charge in [0.15, 0.2) is 0 Å². The van der Waals surface area contributed by atoms with Crippen molar-refractivity contribution in [3.63, 3.8) is 0 Å². The van der Waals surface area contributed by atoms with Gasteiger partial charge in [0.1, 0.15) is 5.82 Å². The first-order chi connectivity index (χ1) is 13.6. The molecule has 154 valence electrons. The molecule has 0 radical (unpaired) electrons. The predicted molar refractivity (Wildman–Crippen MR) is 112 cm³/mol. The van der Waals surface area contributed by atoms with Crippen LogP contribution in [-0.2, 0) is 4.74 Å². The van der Waals surface area contributed by atoms with Crippen molar-refractivity contribution in [3.8, 4) is 0 Å². The molecular formula is C21H33N5O2. The zero-order chi connectivity index (χ0) is 19.8. The van der Waals surface area contributed by atoms with Crippen LogP contribution in [0.2, 0.25) is 0 Å². The summed E-state index contributed by atoms with van der Waals surface area (Å²) in [6.07, 6.45) is 10.1. The molecule has 0 spiro atoms. The fourth-order valence-electron chi connectivity index (χ4n) is 3.82. The van der Waals surface area contributed by atoms with E-state index in [0.717, 1.165) is 37.3 Å². The van der Waals surface area contributed by atoms with E-state index in [1.54, 1.807) is 10.5 Å². The molecule has 28 heavy (non-hydrogen) atoms. The Balaban J connectivity index is 1.48. The second kappa shape index (κ2) is 10.3. The molecule has 1 aromatic rings. The molecule has 1 aliphatic carbocycles. The van der Waals surface area contributed by atoms with Gasteiger partial charge in [-0.3, -0.25) is 0 Å². The van der Waals surface area contributed by atoms with Crippen LogP contribution in [0, 0.1) is 6.92 Å². The highest BCUT2D eigenvalue weighted by Crippen LogP contribution is 2.21. The van der Waals surface area contributed by atoms with Crippen LogP contribution in [0.5, 0.6) is 0 Å². The average molecular weight is 388 g/mol. The molecule has 2 aliphatic rings. The van der Waals surface area contributed by atoms with Gasteiger partial charge in [0.05, 0.1) is 6.61 Å². The molecule has 1 fully saturated rings. The molecule has 0 saturated carbocycles. The first-order valence-corrected chi connectivity index (χ1v) is 10.6. The third kappa shape index (κ3) is 6.11. The lowest BCUT2D eigenvalue weighted by molar-refractivity contribution is 0.0983. The summed E-state index contributed by atoms with van der Waals surface area (Å²) in [5.74, 6) is 1.53. The first kappa shape index (κ1) is 20.4. The Hall–Kier alpha value is -2.31. The number of likely N-dealkylation sites (tertiary alicyclic amines) is 1. The van der Waals surface area contributed by atoms with E-state index in [1.165, 1.54) is 25.7 Å². The van der Waals surface area contributed by atoms with Crippen LogP contribution >= 0.6 is 0 Å². The number of aromatic nitrogens is 2. The SMILES string of the molecule is CCOC(=O)N1CCC(Nc2cc(C)nc(NCCC3=CCCCC3)n2)CC1. The fourth-order valence-corrected chi connectivity index (χ4v) is 3.82. The van der Waals surface area contributed by atoms with Gasteiger partial charge < -0.3 is 20.3 Å². The van der Waals surface area contributed by atoms with E-state index in [4.69, 9.17) is 4.74 Å². The standard InChI is InChI=1S/C21H33N5O2/c1-3-28-21(27)26-13-10-18(11-14-26)24-19-15-16(2)23-20(25-19)22-12-9-17-7-5-4-6-8-17/h7,15,18H,3-6,8-14H2,1-2H3,(H2,22,23,24,25). The van der Waals surface area contributed by atoms with Crippen molar-refractivity contribution in [2.45, 2.75) is 64.8 Å². The minimum absolute atomic E-state index is 0.210. The van der Waals surface area contributed by atoms with Crippen LogP contribution in [0.25, 0.3) is 0 Å². The molecule has 1 aromatic heterocycles. The highest BCUT2D eigenvalue weighted by Gasteiger charge is 2.23. The van der Waals surface area contributed by atoms with E-state index in [2.05, 4.69) is 26.7 Å². The number of hydrogen-bond donors (Lipinski definition) is 2. The van der Waals surface area contributed by atoms with Crippen molar-refractivity contribution in [2.24, 2.45) is 0 Å². The summed E-state index contributed by atoms with van der Waals surface area (Å²) in [5, 5.41) is 6.89. The van der Waals surface area contributed by atoms with Gasteiger partial charge in [0.25, 0.3) is 0 Å². The van der Waals surface area contributed by atoms with Crippen LogP contribution in [0.1, 0.15) is 57.6 Å². The zero-order valence-corrected chi connectivity index (χ0v) is 17.2. The maximum atomic E-state index is 11.8. The summed E-state index contributed by atoms with van der Waals surface area (Å²) in [4.78, 5) is 22.7. The second-order valence-corrected chi connectivity index (χ2v) is 7.61. The Morgan fingerprint density at radius 1 is 1.29 bits per heavy atom. The van der Waals surface area contributed by atoms with Crippen molar-refractivity contribution < 1.29 is 9.53 Å². The molecule has 7 nitrogen and oxygen atoms in total. The Kier molecular flexibility index (Phi) is 7.51. The highest BCUT2D eigenvalue weighted by atomic mass is 16.6. The van der Waals surface area contributed by atoms with Crippen molar-refractivity contribution in [1.82, 2.24) is 14.9 Å². The molecular weight excluding hydrogens is 354 g/mol. The van der Waals surface area contributed by atoms with Crippen LogP contribution in [0.3, 0.4) is 0 Å². The topological polar surface area (TPSA) is 79.4 Å². The molecule has 1 saturated heterocycles. The van der Waals surface area contributed by atoms with Crippen molar-refractivity contribution in [1.29, 1.82) is 0 Å². The smallest absolute Gasteiger partial charge is 0.409 e. The molecule has 1 aliphatic heterocycles. The van der Waals surface area contributed by atoms with Gasteiger partial charge in [-0.15, -0.1) is 0 Å². The zero-order valence-electron chi connectivity index (χ0n) is 17.2. The van der Waals surface area contributed by atoms with Crippen LogP contribution < -0.4 is 10.6 Å². The summed E-state index contributed by atoms with van der Waals surface area (Å²) < 4.78 is 5.08. The fraction of sp³-hybridized carbons (Fsp3) is 0.667. The number of carbonyl (C=O) groups is 1. The van der Waals surface area contributed by atoms with Crippen LogP contribution in [0.15, 0.2) is 17.7 Å². The van der Waals surface area contributed by atoms with Gasteiger partial charge >= 0.3 is 6.09 Å². The average Bonchev–Trinajstić information content (AvgIpc) is 2.69. The van der Waals surface area contributed by atoms with Gasteiger partial charge in [-0.25, -0.2) is 9.78 Å². The number of hydrogen-bond acceptors (Lipinski definition) is 6. The number of piperidine rings is 1. The third-order valence-corrected chi connectivity index (χ3v) is 5.34. The van der Waals surface area contributed by atoms with E-state index in [-0.39, 0.29) is 6.09 Å². The number of anilines is 2. The maximum Gasteiger partial charge on any atom is 0.409 e. The Morgan fingerprint density at radius 2 is 2.11 bits per heavy atom. The van der Waals surface area contributed by atoms with E-state index >= 15 is 0 Å². The number of ether oxygens (including phenoxy) is 1. The number of nitrogens with zero attached hydrogens (tertiary/aromatic N) is 3. The van der Waals surface area contributed by atoms with E-state index in [9.17, 15) is 4.79 Å². The van der Waals surface area contributed by atoms with E-state index in [1.807, 2.05) is 19.9 Å². The molecule has 1 amide bonds. The molecule has 0 aromatic carbocycles. The number of aryl methyl sites for hydroxylation is 1. The normalized spacial score (nSPS) is 17.8. The Morgan fingerprint density at radius 3 is 2.82 bits per heavy atom. The summed E-state index contributed by atoms with van der Waals surface area (Å²) in [6.45, 7) is 6.53. The lowest BCUT2D eigenvalue weighted by atomic mass is 9.97. The maximum absolute atomic E-state index is 11.8. The van der Waals surface area contributed by atoms with Crippen LogP contribution in [0.4, 0.5) is 16.6 Å². The quantitative estimate of drug-likeness (QED) is 0.685. The Labute approximate surface area is 168 Å². The molecule has 3 rings (SSSR count). The number of carbonyl (C=O) groups excluding carboxylic acids is 1. The van der Waals surface area contributed by atoms with Crippen molar-refractivity contribution >= 4 is 17.9 Å². The molecule has 0 bridgehead atoms. The van der Waals surface area contributed by atoms with Gasteiger partial charge in [-0.05, 0) is 58.8 Å². The summed E-state index contributed by atoms with van der Waals surface area (Å²) in [5.41, 5.74) is 2.50. The van der Waals surface area contributed by atoms with Crippen LogP contribution in [-0.4, -0.2) is 53.2 Å². The monoisotopic (exact) mass is 387 g/mol. The summed E-state index contributed by atoms with van der Waals surface area (Å²) >= 11 is 0. The first-order valence-electron chi connectivity index (χ1n) is 10.6. The van der Waals surface area contributed by atoms with E-state index < -0.39 is 0 Å². The van der Waals surface area contributed by atoms with Gasteiger partial charge in [-0.1, -0.05) is 11.6 Å². The molecule has 2 heterocycles. The van der Waals surface area contributed by atoms with Gasteiger partial charge in [0.2, 0.25) is 5.95 Å². The summed E-state index contributed by atoms with van der Waals surface area (Å²) in [7, 11) is 0. The highest BCUT2D eigenvalue weighted by molar-refractivity contribution is 5.67. The van der Waals surface area contributed by atoms with E-state index in [0.29, 0.717) is 31.7 Å². The molecule has 0 unspecified atom stereocenters. The molecule has 2 N–H and O–H groups in total. The number of allylic oxidation sites excluding steroid dienone is 1. The number of rotatable bonds is 7. The van der Waals surface area contributed by atoms with Crippen molar-refractivity contribution in [3.05, 3.63) is 23.4 Å². The Bertz CT molecular complexity index is 683.